The molecule has 0 saturated carbocycles. The minimum absolute atomic E-state index is 0.196. The van der Waals surface area contributed by atoms with E-state index in [1.165, 1.54) is 31.3 Å². The molecule has 1 unspecified atom stereocenters. The predicted octanol–water partition coefficient (Wildman–Crippen LogP) is 2.29. The second kappa shape index (κ2) is 8.48. The number of carbonyl (C=O) groups is 1. The molecule has 0 spiro atoms. The van der Waals surface area contributed by atoms with Crippen LogP contribution < -0.4 is 10.6 Å². The fourth-order valence-electron chi connectivity index (χ4n) is 2.16. The highest BCUT2D eigenvalue weighted by Gasteiger charge is 2.20. The zero-order valence-corrected chi connectivity index (χ0v) is 12.8. The van der Waals surface area contributed by atoms with Gasteiger partial charge in [0, 0.05) is 18.8 Å². The van der Waals surface area contributed by atoms with Crippen LogP contribution in [-0.4, -0.2) is 41.8 Å². The van der Waals surface area contributed by atoms with Crippen LogP contribution in [0, 0.1) is 0 Å². The highest BCUT2D eigenvalue weighted by Crippen LogP contribution is 2.19. The second-order valence-electron chi connectivity index (χ2n) is 5.40. The number of allylic oxidation sites excluding steroid dienone is 1. The fraction of sp³-hybridized carbons (Fsp3) is 0.786. The third-order valence-corrected chi connectivity index (χ3v) is 4.11. The van der Waals surface area contributed by atoms with Crippen LogP contribution in [0.15, 0.2) is 11.6 Å². The van der Waals surface area contributed by atoms with Gasteiger partial charge >= 0.3 is 6.03 Å². The summed E-state index contributed by atoms with van der Waals surface area (Å²) in [6, 6.07) is -0.196. The first-order valence-corrected chi connectivity index (χ1v) is 8.34. The number of aliphatic hydroxyl groups is 1. The van der Waals surface area contributed by atoms with Crippen LogP contribution in [0.3, 0.4) is 0 Å². The van der Waals surface area contributed by atoms with Gasteiger partial charge < -0.3 is 15.7 Å². The van der Waals surface area contributed by atoms with E-state index < -0.39 is 5.60 Å². The summed E-state index contributed by atoms with van der Waals surface area (Å²) in [5, 5.41) is 15.5. The molecule has 1 aliphatic rings. The molecule has 1 rings (SSSR count). The largest absolute Gasteiger partial charge is 0.387 e. The van der Waals surface area contributed by atoms with Crippen molar-refractivity contribution in [3.8, 4) is 0 Å². The first-order valence-electron chi connectivity index (χ1n) is 6.94. The Bertz CT molecular complexity index is 317. The molecule has 0 radical (unpaired) electrons. The molecular weight excluding hydrogens is 260 g/mol. The summed E-state index contributed by atoms with van der Waals surface area (Å²) >= 11 is 1.57. The number of urea groups is 1. The van der Waals surface area contributed by atoms with Gasteiger partial charge in [-0.15, -0.1) is 0 Å². The molecule has 0 aromatic carbocycles. The number of hydrogen-bond donors (Lipinski definition) is 3. The Morgan fingerprint density at radius 3 is 2.89 bits per heavy atom. The van der Waals surface area contributed by atoms with E-state index in [4.69, 9.17) is 0 Å². The van der Waals surface area contributed by atoms with Crippen molar-refractivity contribution in [3.05, 3.63) is 11.6 Å². The molecule has 1 aliphatic carbocycles. The first-order chi connectivity index (χ1) is 9.03. The molecule has 0 aliphatic heterocycles. The summed E-state index contributed by atoms with van der Waals surface area (Å²) in [4.78, 5) is 11.6. The van der Waals surface area contributed by atoms with Gasteiger partial charge in [0.1, 0.15) is 0 Å². The number of nitrogens with one attached hydrogen (secondary N) is 2. The van der Waals surface area contributed by atoms with Crippen molar-refractivity contribution in [2.24, 2.45) is 0 Å². The molecule has 0 aromatic rings. The topological polar surface area (TPSA) is 61.4 Å². The normalized spacial score (nSPS) is 18.4. The van der Waals surface area contributed by atoms with Crippen LogP contribution in [0.2, 0.25) is 0 Å². The Kier molecular flexibility index (Phi) is 7.31. The Labute approximate surface area is 120 Å². The molecule has 5 heteroatoms. The monoisotopic (exact) mass is 286 g/mol. The van der Waals surface area contributed by atoms with Crippen LogP contribution in [0.1, 0.15) is 39.0 Å². The standard InChI is InChI=1S/C14H26N2O2S/c1-14(18,11-19-2)10-16-13(17)15-9-8-12-6-4-3-5-7-12/h6,18H,3-5,7-11H2,1-2H3,(H2,15,16,17). The van der Waals surface area contributed by atoms with Crippen molar-refractivity contribution < 1.29 is 9.90 Å². The summed E-state index contributed by atoms with van der Waals surface area (Å²) in [5.74, 6) is 0.611. The smallest absolute Gasteiger partial charge is 0.314 e. The third-order valence-electron chi connectivity index (χ3n) is 3.20. The number of carbonyl (C=O) groups excluding carboxylic acids is 1. The van der Waals surface area contributed by atoms with Gasteiger partial charge in [0.05, 0.1) is 5.60 Å². The summed E-state index contributed by atoms with van der Waals surface area (Å²) in [6.07, 6.45) is 10.1. The van der Waals surface area contributed by atoms with Gasteiger partial charge in [-0.2, -0.15) is 11.8 Å². The summed E-state index contributed by atoms with van der Waals surface area (Å²) in [5.41, 5.74) is 0.615. The second-order valence-corrected chi connectivity index (χ2v) is 6.26. The molecule has 0 heterocycles. The Morgan fingerprint density at radius 2 is 2.26 bits per heavy atom. The van der Waals surface area contributed by atoms with E-state index in [-0.39, 0.29) is 12.6 Å². The molecular formula is C14H26N2O2S. The molecule has 0 bridgehead atoms. The third kappa shape index (κ3) is 7.47. The van der Waals surface area contributed by atoms with E-state index in [0.29, 0.717) is 12.3 Å². The van der Waals surface area contributed by atoms with Crippen LogP contribution >= 0.6 is 11.8 Å². The van der Waals surface area contributed by atoms with E-state index in [1.807, 2.05) is 6.26 Å². The fourth-order valence-corrected chi connectivity index (χ4v) is 2.89. The number of rotatable bonds is 7. The Morgan fingerprint density at radius 1 is 1.47 bits per heavy atom. The molecule has 110 valence electrons. The van der Waals surface area contributed by atoms with Gasteiger partial charge in [-0.1, -0.05) is 11.6 Å². The zero-order valence-electron chi connectivity index (χ0n) is 12.0. The Balaban J connectivity index is 2.12. The minimum Gasteiger partial charge on any atom is -0.387 e. The molecule has 3 N–H and O–H groups in total. The van der Waals surface area contributed by atoms with Gasteiger partial charge in [-0.3, -0.25) is 0 Å². The van der Waals surface area contributed by atoms with E-state index in [9.17, 15) is 9.90 Å². The zero-order chi connectivity index (χ0) is 14.1. The van der Waals surface area contributed by atoms with Crippen molar-refractivity contribution in [1.29, 1.82) is 0 Å². The lowest BCUT2D eigenvalue weighted by molar-refractivity contribution is 0.0869. The van der Waals surface area contributed by atoms with Crippen molar-refractivity contribution in [2.75, 3.05) is 25.1 Å². The van der Waals surface area contributed by atoms with Crippen molar-refractivity contribution in [2.45, 2.75) is 44.6 Å². The highest BCUT2D eigenvalue weighted by atomic mass is 32.2. The van der Waals surface area contributed by atoms with Gasteiger partial charge in [0.15, 0.2) is 0 Å². The lowest BCUT2D eigenvalue weighted by atomic mass is 9.97. The first kappa shape index (κ1) is 16.4. The number of thioether (sulfide) groups is 1. The van der Waals surface area contributed by atoms with Crippen LogP contribution in [-0.2, 0) is 0 Å². The van der Waals surface area contributed by atoms with E-state index in [0.717, 1.165) is 6.42 Å². The molecule has 19 heavy (non-hydrogen) atoms. The van der Waals surface area contributed by atoms with Crippen LogP contribution in [0.25, 0.3) is 0 Å². The van der Waals surface area contributed by atoms with Crippen molar-refractivity contribution >= 4 is 17.8 Å². The van der Waals surface area contributed by atoms with E-state index in [1.54, 1.807) is 18.7 Å². The maximum Gasteiger partial charge on any atom is 0.314 e. The van der Waals surface area contributed by atoms with E-state index >= 15 is 0 Å². The van der Waals surface area contributed by atoms with E-state index in [2.05, 4.69) is 16.7 Å². The van der Waals surface area contributed by atoms with Gasteiger partial charge in [0.25, 0.3) is 0 Å². The average Bonchev–Trinajstić information content (AvgIpc) is 2.38. The molecule has 2 amide bonds. The minimum atomic E-state index is -0.845. The summed E-state index contributed by atoms with van der Waals surface area (Å²) in [6.45, 7) is 2.68. The summed E-state index contributed by atoms with van der Waals surface area (Å²) < 4.78 is 0. The predicted molar refractivity (Wildman–Crippen MR) is 81.6 cm³/mol. The maximum absolute atomic E-state index is 11.6. The maximum atomic E-state index is 11.6. The molecule has 1 atom stereocenters. The van der Waals surface area contributed by atoms with Crippen molar-refractivity contribution in [1.82, 2.24) is 10.6 Å². The number of amides is 2. The molecule has 4 nitrogen and oxygen atoms in total. The van der Waals surface area contributed by atoms with Crippen molar-refractivity contribution in [3.63, 3.8) is 0 Å². The van der Waals surface area contributed by atoms with Gasteiger partial charge in [0.2, 0.25) is 0 Å². The SMILES string of the molecule is CSCC(C)(O)CNC(=O)NCCC1=CCCCC1. The molecule has 0 saturated heterocycles. The Hall–Kier alpha value is -0.680. The average molecular weight is 286 g/mol. The van der Waals surface area contributed by atoms with Crippen LogP contribution in [0.4, 0.5) is 4.79 Å². The molecule has 0 fully saturated rings. The van der Waals surface area contributed by atoms with Crippen LogP contribution in [0.5, 0.6) is 0 Å². The lowest BCUT2D eigenvalue weighted by Gasteiger charge is -2.22. The molecule has 0 aromatic heterocycles. The highest BCUT2D eigenvalue weighted by molar-refractivity contribution is 7.98. The summed E-state index contributed by atoms with van der Waals surface area (Å²) in [7, 11) is 0. The number of hydrogen-bond acceptors (Lipinski definition) is 3. The quantitative estimate of drug-likeness (QED) is 0.629. The van der Waals surface area contributed by atoms with Gasteiger partial charge in [-0.05, 0) is 45.3 Å². The lowest BCUT2D eigenvalue weighted by Crippen LogP contribution is -2.46. The van der Waals surface area contributed by atoms with Gasteiger partial charge in [-0.25, -0.2) is 4.79 Å².